The molecule has 1 aromatic carbocycles. The Balaban J connectivity index is 1.01. The monoisotopic (exact) mass is 1060 g/mol. The largest absolute Gasteiger partial charge is 0.464 e. The summed E-state index contributed by atoms with van der Waals surface area (Å²) in [4.78, 5) is 61.9. The predicted molar refractivity (Wildman–Crippen MR) is 288 cm³/mol. The Bertz CT molecular complexity index is 2790. The molecule has 8 fully saturated rings. The summed E-state index contributed by atoms with van der Waals surface area (Å²) in [5.74, 6) is -1.02. The van der Waals surface area contributed by atoms with Crippen molar-refractivity contribution in [3.63, 3.8) is 0 Å². The van der Waals surface area contributed by atoms with Crippen LogP contribution in [0.15, 0.2) is 35.8 Å². The lowest BCUT2D eigenvalue weighted by atomic mass is 9.73. The number of cyclic esters (lactones) is 1. The van der Waals surface area contributed by atoms with Gasteiger partial charge in [0, 0.05) is 117 Å². The highest BCUT2D eigenvalue weighted by Gasteiger charge is 2.53. The molecule has 13 rings (SSSR count). The Morgan fingerprint density at radius 2 is 1.75 bits per heavy atom. The third kappa shape index (κ3) is 10.4. The molecule has 410 valence electrons. The van der Waals surface area contributed by atoms with Crippen LogP contribution >= 0.6 is 11.3 Å². The third-order valence-electron chi connectivity index (χ3n) is 17.5. The smallest absolute Gasteiger partial charge is 0.325 e. The van der Waals surface area contributed by atoms with E-state index < -0.39 is 29.6 Å². The van der Waals surface area contributed by atoms with Crippen molar-refractivity contribution in [1.82, 2.24) is 40.1 Å². The maximum absolute atomic E-state index is 15.3. The number of carbonyl (C=O) groups is 3. The second-order valence-corrected chi connectivity index (χ2v) is 24.9. The fourth-order valence-corrected chi connectivity index (χ4v) is 13.9. The molecule has 0 spiro atoms. The van der Waals surface area contributed by atoms with Crippen molar-refractivity contribution in [2.45, 2.75) is 147 Å². The SMILES string of the molecule is CO[C@@H](C)c1ncc(N2CCN(C3CC3)CC2)cc1-c1c2c3cc(ccc3n1CCO[C@@H]1CCOC(C)(C)C1)-c1csc(n1)[C@@H](N1CCOCC1)[C@H](NC(=O)[C@@H]1CCO1)C(=O)N1N[C@H](C(=O)OCC(C)(C)C2)C2CC1C2. The van der Waals surface area contributed by atoms with Gasteiger partial charge in [0.25, 0.3) is 5.91 Å². The number of benzene rings is 1. The fourth-order valence-electron chi connectivity index (χ4n) is 12.9. The number of piperazine rings is 1. The van der Waals surface area contributed by atoms with E-state index in [2.05, 4.69) is 94.3 Å². The van der Waals surface area contributed by atoms with Crippen LogP contribution < -0.4 is 15.6 Å². The molecule has 10 heterocycles. The molecule has 2 aliphatic carbocycles. The molecule has 76 heavy (non-hydrogen) atoms. The summed E-state index contributed by atoms with van der Waals surface area (Å²) >= 11 is 1.49. The highest BCUT2D eigenvalue weighted by atomic mass is 32.1. The molecular weight excluding hydrogens is 987 g/mol. The van der Waals surface area contributed by atoms with Crippen molar-refractivity contribution in [2.75, 3.05) is 90.9 Å². The lowest BCUT2D eigenvalue weighted by Gasteiger charge is -2.53. The number of pyridine rings is 1. The molecule has 0 radical (unpaired) electrons. The predicted octanol–water partition coefficient (Wildman–Crippen LogP) is 6.06. The van der Waals surface area contributed by atoms with Crippen molar-refractivity contribution >= 4 is 45.7 Å². The highest BCUT2D eigenvalue weighted by molar-refractivity contribution is 7.10. The molecule has 19 heteroatoms. The number of rotatable bonds is 12. The quantitative estimate of drug-likeness (QED) is 0.157. The van der Waals surface area contributed by atoms with E-state index in [9.17, 15) is 9.59 Å². The fraction of sp³-hybridized carbons (Fsp3) is 0.667. The molecule has 6 saturated heterocycles. The van der Waals surface area contributed by atoms with Gasteiger partial charge in [0.05, 0.1) is 85.9 Å². The van der Waals surface area contributed by atoms with Gasteiger partial charge >= 0.3 is 5.97 Å². The molecule has 4 aromatic rings. The van der Waals surface area contributed by atoms with Crippen LogP contribution in [0.4, 0.5) is 5.69 Å². The third-order valence-corrected chi connectivity index (χ3v) is 18.4. The van der Waals surface area contributed by atoms with Gasteiger partial charge in [0.1, 0.15) is 23.2 Å². The number of esters is 1. The maximum Gasteiger partial charge on any atom is 0.325 e. The van der Waals surface area contributed by atoms with E-state index >= 15 is 4.79 Å². The van der Waals surface area contributed by atoms with Crippen molar-refractivity contribution in [3.05, 3.63) is 52.1 Å². The van der Waals surface area contributed by atoms with Gasteiger partial charge in [-0.2, -0.15) is 0 Å². The van der Waals surface area contributed by atoms with Gasteiger partial charge in [-0.25, -0.2) is 10.4 Å². The number of nitrogens with zero attached hydrogens (tertiary/aromatic N) is 7. The minimum absolute atomic E-state index is 0.0123. The lowest BCUT2D eigenvalue weighted by Crippen LogP contribution is -2.72. The zero-order chi connectivity index (χ0) is 52.5. The zero-order valence-corrected chi connectivity index (χ0v) is 46.0. The van der Waals surface area contributed by atoms with Gasteiger partial charge in [0.15, 0.2) is 0 Å². The Labute approximate surface area is 450 Å². The number of ether oxygens (including phenoxy) is 6. The first-order chi connectivity index (χ1) is 36.7. The first-order valence-corrected chi connectivity index (χ1v) is 29.0. The summed E-state index contributed by atoms with van der Waals surface area (Å²) in [6.07, 6.45) is 7.84. The number of aromatic nitrogens is 3. The van der Waals surface area contributed by atoms with Crippen LogP contribution in [0.25, 0.3) is 33.4 Å². The molecule has 2 saturated carbocycles. The summed E-state index contributed by atoms with van der Waals surface area (Å²) in [5, 5.41) is 8.63. The van der Waals surface area contributed by atoms with E-state index in [1.165, 1.54) is 24.2 Å². The summed E-state index contributed by atoms with van der Waals surface area (Å²) in [5.41, 5.74) is 10.4. The maximum atomic E-state index is 15.3. The molecule has 6 atom stereocenters. The van der Waals surface area contributed by atoms with Crippen LogP contribution in [0.1, 0.15) is 108 Å². The Morgan fingerprint density at radius 3 is 2.47 bits per heavy atom. The molecule has 2 amide bonds. The van der Waals surface area contributed by atoms with Crippen molar-refractivity contribution < 1.29 is 42.8 Å². The molecule has 0 unspecified atom stereocenters. The summed E-state index contributed by atoms with van der Waals surface area (Å²) in [7, 11) is 1.74. The molecular formula is C57H77N9O9S. The van der Waals surface area contributed by atoms with E-state index in [-0.39, 0.29) is 54.2 Å². The van der Waals surface area contributed by atoms with E-state index in [1.54, 1.807) is 12.1 Å². The van der Waals surface area contributed by atoms with Gasteiger partial charge in [-0.3, -0.25) is 34.2 Å². The number of methoxy groups -OCH3 is 1. The number of amides is 2. The van der Waals surface area contributed by atoms with Crippen LogP contribution in [0, 0.1) is 11.3 Å². The standard InChI is InChI=1S/C57H77N9O9S/c1-34(70-6)47-42(28-39(31-58-47)63-15-13-62(14-16-63)37-8-9-37)50-43-30-56(2,3)33-74-55(69)48-36-25-38(26-36)66(61-48)54(68)49(60-52(67)46-12-20-73-46)51(64-17-22-71-23-18-64)53-59-44(32-76-53)35-7-10-45(41(43)27-35)65(50)19-24-72-40-11-21-75-57(4,5)29-40/h7,10,27-28,31-32,34,36-38,40,46,48-49,51,61H,8-9,11-26,29-30,33H2,1-6H3,(H,60,67)/t34-,36?,38?,40+,46-,48-,49-,51-/m0/s1. The average molecular weight is 1060 g/mol. The minimum Gasteiger partial charge on any atom is -0.464 e. The summed E-state index contributed by atoms with van der Waals surface area (Å²) in [6.45, 7) is 19.0. The van der Waals surface area contributed by atoms with Crippen LogP contribution in [-0.4, -0.2) is 175 Å². The summed E-state index contributed by atoms with van der Waals surface area (Å²) < 4.78 is 39.4. The van der Waals surface area contributed by atoms with E-state index in [4.69, 9.17) is 38.4 Å². The minimum atomic E-state index is -1.04. The Kier molecular flexibility index (Phi) is 14.6. The van der Waals surface area contributed by atoms with E-state index in [0.717, 1.165) is 95.4 Å². The number of carbonyl (C=O) groups excluding carboxylic acids is 3. The van der Waals surface area contributed by atoms with Crippen molar-refractivity contribution in [3.8, 4) is 22.5 Å². The highest BCUT2D eigenvalue weighted by Crippen LogP contribution is 2.45. The number of hydrogen-bond acceptors (Lipinski definition) is 16. The van der Waals surface area contributed by atoms with Crippen molar-refractivity contribution in [1.29, 1.82) is 0 Å². The average Bonchev–Trinajstić information content (AvgIpc) is 4.10. The Hall–Kier alpha value is -4.57. The molecule has 2 N–H and O–H groups in total. The van der Waals surface area contributed by atoms with Crippen LogP contribution in [0.2, 0.25) is 0 Å². The van der Waals surface area contributed by atoms with Gasteiger partial charge in [-0.1, -0.05) is 19.9 Å². The van der Waals surface area contributed by atoms with Crippen LogP contribution in [0.5, 0.6) is 0 Å². The number of nitrogens with one attached hydrogen (secondary N) is 2. The van der Waals surface area contributed by atoms with Gasteiger partial charge < -0.3 is 43.2 Å². The molecule has 3 aromatic heterocycles. The number of hydrogen-bond donors (Lipinski definition) is 2. The topological polar surface area (TPSA) is 174 Å². The van der Waals surface area contributed by atoms with E-state index in [0.29, 0.717) is 83.4 Å². The number of fused-ring (bicyclic) bond motifs is 4. The van der Waals surface area contributed by atoms with Gasteiger partial charge in [-0.05, 0) is 89.0 Å². The summed E-state index contributed by atoms with van der Waals surface area (Å²) in [6, 6.07) is 7.15. The number of hydrazine groups is 1. The van der Waals surface area contributed by atoms with Crippen molar-refractivity contribution in [2.24, 2.45) is 11.3 Å². The molecule has 7 aliphatic heterocycles. The lowest BCUT2D eigenvalue weighted by molar-refractivity contribution is -0.173. The Morgan fingerprint density at radius 1 is 0.961 bits per heavy atom. The number of morpholine rings is 1. The van der Waals surface area contributed by atoms with Gasteiger partial charge in [-0.15, -0.1) is 11.3 Å². The van der Waals surface area contributed by atoms with E-state index in [1.807, 2.05) is 6.20 Å². The van der Waals surface area contributed by atoms with Crippen LogP contribution in [0.3, 0.4) is 0 Å². The normalized spacial score (nSPS) is 29.5. The first-order valence-electron chi connectivity index (χ1n) is 28.1. The number of anilines is 1. The molecule has 8 bridgehead atoms. The zero-order valence-electron chi connectivity index (χ0n) is 45.2. The second-order valence-electron chi connectivity index (χ2n) is 24.0. The van der Waals surface area contributed by atoms with Crippen LogP contribution in [-0.2, 0) is 55.8 Å². The molecule has 18 nitrogen and oxygen atoms in total. The molecule has 9 aliphatic rings. The first kappa shape index (κ1) is 52.1. The second kappa shape index (κ2) is 21.2. The van der Waals surface area contributed by atoms with Gasteiger partial charge in [0.2, 0.25) is 5.91 Å². The number of thiazole rings is 1.